The van der Waals surface area contributed by atoms with Crippen molar-refractivity contribution in [2.24, 2.45) is 11.8 Å². The summed E-state index contributed by atoms with van der Waals surface area (Å²) in [4.78, 5) is 41.6. The first-order valence-electron chi connectivity index (χ1n) is 8.70. The number of carbonyl (C=O) groups is 3. The summed E-state index contributed by atoms with van der Waals surface area (Å²) in [6.07, 6.45) is 2.09. The Bertz CT molecular complexity index is 448. The second-order valence-electron chi connectivity index (χ2n) is 7.08. The van der Waals surface area contributed by atoms with Gasteiger partial charge >= 0.3 is 0 Å². The molecule has 0 bridgehead atoms. The Balaban J connectivity index is 1.78. The SMILES string of the molecule is CC(=O)N1CCC(C(=O)N2CCN(C(=O)CC(C)C)CC2)CC1. The van der Waals surface area contributed by atoms with Gasteiger partial charge in [0.1, 0.15) is 0 Å². The molecule has 130 valence electrons. The van der Waals surface area contributed by atoms with Crippen molar-refractivity contribution in [3.8, 4) is 0 Å². The number of amides is 3. The van der Waals surface area contributed by atoms with Crippen LogP contribution in [0.2, 0.25) is 0 Å². The van der Waals surface area contributed by atoms with Crippen LogP contribution in [0, 0.1) is 11.8 Å². The van der Waals surface area contributed by atoms with Crippen LogP contribution in [0.4, 0.5) is 0 Å². The number of hydrogen-bond acceptors (Lipinski definition) is 3. The summed E-state index contributed by atoms with van der Waals surface area (Å²) in [7, 11) is 0. The number of rotatable bonds is 3. The topological polar surface area (TPSA) is 60.9 Å². The smallest absolute Gasteiger partial charge is 0.225 e. The molecule has 23 heavy (non-hydrogen) atoms. The zero-order valence-electron chi connectivity index (χ0n) is 14.6. The van der Waals surface area contributed by atoms with Crippen molar-refractivity contribution < 1.29 is 14.4 Å². The van der Waals surface area contributed by atoms with Gasteiger partial charge in [0, 0.05) is 58.5 Å². The van der Waals surface area contributed by atoms with E-state index in [4.69, 9.17) is 0 Å². The second kappa shape index (κ2) is 7.79. The van der Waals surface area contributed by atoms with Crippen LogP contribution in [0.3, 0.4) is 0 Å². The molecule has 2 aliphatic heterocycles. The summed E-state index contributed by atoms with van der Waals surface area (Å²) < 4.78 is 0. The van der Waals surface area contributed by atoms with E-state index in [0.717, 1.165) is 12.8 Å². The summed E-state index contributed by atoms with van der Waals surface area (Å²) in [5, 5.41) is 0. The molecule has 0 N–H and O–H groups in total. The molecule has 0 saturated carbocycles. The van der Waals surface area contributed by atoms with Crippen LogP contribution in [0.1, 0.15) is 40.0 Å². The lowest BCUT2D eigenvalue weighted by Crippen LogP contribution is -2.53. The van der Waals surface area contributed by atoms with Crippen molar-refractivity contribution >= 4 is 17.7 Å². The fourth-order valence-corrected chi connectivity index (χ4v) is 3.35. The first-order chi connectivity index (χ1) is 10.9. The van der Waals surface area contributed by atoms with Crippen LogP contribution in [0.5, 0.6) is 0 Å². The number of hydrogen-bond donors (Lipinski definition) is 0. The van der Waals surface area contributed by atoms with Gasteiger partial charge in [0.05, 0.1) is 0 Å². The van der Waals surface area contributed by atoms with Crippen molar-refractivity contribution in [3.63, 3.8) is 0 Å². The van der Waals surface area contributed by atoms with E-state index in [1.54, 1.807) is 6.92 Å². The lowest BCUT2D eigenvalue weighted by molar-refractivity contribution is -0.144. The van der Waals surface area contributed by atoms with E-state index in [1.165, 1.54) is 0 Å². The molecular formula is C17H29N3O3. The Morgan fingerprint density at radius 2 is 1.39 bits per heavy atom. The van der Waals surface area contributed by atoms with Crippen molar-refractivity contribution in [1.29, 1.82) is 0 Å². The van der Waals surface area contributed by atoms with Crippen molar-refractivity contribution in [3.05, 3.63) is 0 Å². The highest BCUT2D eigenvalue weighted by Crippen LogP contribution is 2.21. The number of nitrogens with zero attached hydrogens (tertiary/aromatic N) is 3. The molecule has 6 heteroatoms. The maximum absolute atomic E-state index is 12.6. The standard InChI is InChI=1S/C17H29N3O3/c1-13(2)12-16(22)19-8-10-20(11-9-19)17(23)15-4-6-18(7-5-15)14(3)21/h13,15H,4-12H2,1-3H3. The fourth-order valence-electron chi connectivity index (χ4n) is 3.35. The lowest BCUT2D eigenvalue weighted by atomic mass is 9.95. The van der Waals surface area contributed by atoms with E-state index in [2.05, 4.69) is 0 Å². The van der Waals surface area contributed by atoms with E-state index in [0.29, 0.717) is 51.6 Å². The molecule has 2 fully saturated rings. The number of carbonyl (C=O) groups excluding carboxylic acids is 3. The van der Waals surface area contributed by atoms with Crippen molar-refractivity contribution in [2.75, 3.05) is 39.3 Å². The molecule has 0 radical (unpaired) electrons. The second-order valence-corrected chi connectivity index (χ2v) is 7.08. The number of likely N-dealkylation sites (tertiary alicyclic amines) is 1. The van der Waals surface area contributed by atoms with Gasteiger partial charge in [-0.2, -0.15) is 0 Å². The normalized spacial score (nSPS) is 20.1. The van der Waals surface area contributed by atoms with Gasteiger partial charge in [0.15, 0.2) is 0 Å². The Morgan fingerprint density at radius 1 is 0.870 bits per heavy atom. The van der Waals surface area contributed by atoms with Crippen molar-refractivity contribution in [1.82, 2.24) is 14.7 Å². The molecule has 0 aliphatic carbocycles. The molecule has 2 heterocycles. The first kappa shape index (κ1) is 17.8. The number of piperidine rings is 1. The summed E-state index contributed by atoms with van der Waals surface area (Å²) in [6.45, 7) is 9.58. The van der Waals surface area contributed by atoms with Gasteiger partial charge < -0.3 is 14.7 Å². The van der Waals surface area contributed by atoms with Gasteiger partial charge in [-0.05, 0) is 18.8 Å². The maximum Gasteiger partial charge on any atom is 0.225 e. The monoisotopic (exact) mass is 323 g/mol. The molecule has 3 amide bonds. The van der Waals surface area contributed by atoms with E-state index in [1.807, 2.05) is 28.5 Å². The molecule has 0 spiro atoms. The average Bonchev–Trinajstić information content (AvgIpc) is 2.53. The predicted octanol–water partition coefficient (Wildman–Crippen LogP) is 0.962. The van der Waals surface area contributed by atoms with Gasteiger partial charge in [-0.15, -0.1) is 0 Å². The van der Waals surface area contributed by atoms with Gasteiger partial charge in [-0.1, -0.05) is 13.8 Å². The molecule has 2 rings (SSSR count). The quantitative estimate of drug-likeness (QED) is 0.777. The van der Waals surface area contributed by atoms with E-state index in [9.17, 15) is 14.4 Å². The van der Waals surface area contributed by atoms with Crippen LogP contribution in [-0.2, 0) is 14.4 Å². The summed E-state index contributed by atoms with van der Waals surface area (Å²) in [5.74, 6) is 0.886. The summed E-state index contributed by atoms with van der Waals surface area (Å²) >= 11 is 0. The molecule has 2 aliphatic rings. The van der Waals surface area contributed by atoms with Gasteiger partial charge in [0.2, 0.25) is 17.7 Å². The molecule has 0 aromatic rings. The minimum Gasteiger partial charge on any atom is -0.343 e. The summed E-state index contributed by atoms with van der Waals surface area (Å²) in [6, 6.07) is 0. The van der Waals surface area contributed by atoms with Gasteiger partial charge in [-0.25, -0.2) is 0 Å². The Labute approximate surface area is 138 Å². The highest BCUT2D eigenvalue weighted by atomic mass is 16.2. The third-order valence-electron chi connectivity index (χ3n) is 4.82. The van der Waals surface area contributed by atoms with E-state index in [-0.39, 0.29) is 23.6 Å². The zero-order chi connectivity index (χ0) is 17.0. The zero-order valence-corrected chi connectivity index (χ0v) is 14.6. The van der Waals surface area contributed by atoms with Crippen LogP contribution >= 0.6 is 0 Å². The summed E-state index contributed by atoms with van der Waals surface area (Å²) in [5.41, 5.74) is 0. The molecule has 0 aromatic carbocycles. The van der Waals surface area contributed by atoms with E-state index < -0.39 is 0 Å². The van der Waals surface area contributed by atoms with Crippen LogP contribution < -0.4 is 0 Å². The first-order valence-corrected chi connectivity index (χ1v) is 8.70. The Kier molecular flexibility index (Phi) is 6.02. The fraction of sp³-hybridized carbons (Fsp3) is 0.824. The van der Waals surface area contributed by atoms with Crippen LogP contribution in [0.15, 0.2) is 0 Å². The van der Waals surface area contributed by atoms with Crippen LogP contribution in [-0.4, -0.2) is 71.7 Å². The van der Waals surface area contributed by atoms with Crippen molar-refractivity contribution in [2.45, 2.75) is 40.0 Å². The van der Waals surface area contributed by atoms with E-state index >= 15 is 0 Å². The molecule has 6 nitrogen and oxygen atoms in total. The molecule has 0 atom stereocenters. The third-order valence-corrected chi connectivity index (χ3v) is 4.82. The molecule has 2 saturated heterocycles. The van der Waals surface area contributed by atoms with Crippen LogP contribution in [0.25, 0.3) is 0 Å². The minimum absolute atomic E-state index is 0.0310. The highest BCUT2D eigenvalue weighted by molar-refractivity contribution is 5.81. The Hall–Kier alpha value is -1.59. The highest BCUT2D eigenvalue weighted by Gasteiger charge is 2.31. The Morgan fingerprint density at radius 3 is 1.87 bits per heavy atom. The largest absolute Gasteiger partial charge is 0.343 e. The lowest BCUT2D eigenvalue weighted by Gasteiger charge is -2.38. The van der Waals surface area contributed by atoms with Gasteiger partial charge in [0.25, 0.3) is 0 Å². The predicted molar refractivity (Wildman–Crippen MR) is 87.6 cm³/mol. The third kappa shape index (κ3) is 4.69. The van der Waals surface area contributed by atoms with Gasteiger partial charge in [-0.3, -0.25) is 14.4 Å². The average molecular weight is 323 g/mol. The molecule has 0 aromatic heterocycles. The molecule has 0 unspecified atom stereocenters. The number of piperazine rings is 1. The minimum atomic E-state index is 0.0310. The molecular weight excluding hydrogens is 294 g/mol. The maximum atomic E-state index is 12.6.